The van der Waals surface area contributed by atoms with Gasteiger partial charge in [0.05, 0.1) is 49.5 Å². The van der Waals surface area contributed by atoms with Crippen molar-refractivity contribution in [2.24, 2.45) is 50.2 Å². The molecule has 5 heterocycles. The van der Waals surface area contributed by atoms with Crippen LogP contribution in [0.1, 0.15) is 106 Å². The smallest absolute Gasteiger partial charge is 0.315 e. The maximum absolute atomic E-state index is 15.4. The van der Waals surface area contributed by atoms with E-state index in [9.17, 15) is 81.4 Å². The Kier molecular flexibility index (Phi) is 18.1. The molecule has 32 atom stereocenters. The molecule has 0 spiro atoms. The number of carboxylic acid groups (broad SMARTS) is 1. The molecule has 27 nitrogen and oxygen atoms in total. The molecular weight excluding hydrogens is 1120 g/mol. The van der Waals surface area contributed by atoms with Crippen molar-refractivity contribution >= 4 is 11.9 Å². The molecule has 0 amide bonds. The number of carboxylic acids is 1. The average Bonchev–Trinajstić information content (AvgIpc) is 0.820. The first kappa shape index (κ1) is 64.7. The van der Waals surface area contributed by atoms with Crippen LogP contribution in [-0.2, 0) is 57.0 Å². The zero-order chi connectivity index (χ0) is 61.3. The number of carbonyl (C=O) groups is 2. The highest BCUT2D eigenvalue weighted by molar-refractivity contribution is 5.79. The topological polar surface area (TPSA) is 430 Å². The molecule has 5 aliphatic carbocycles. The quantitative estimate of drug-likeness (QED) is 0.0519. The second-order valence-corrected chi connectivity index (χ2v) is 27.7. The minimum Gasteiger partial charge on any atom is -0.481 e. The molecule has 84 heavy (non-hydrogen) atoms. The molecule has 0 unspecified atom stereocenters. The normalized spacial score (nSPS) is 54.8. The highest BCUT2D eigenvalue weighted by Crippen LogP contribution is 2.76. The Morgan fingerprint density at radius 1 is 0.560 bits per heavy atom. The maximum atomic E-state index is 15.4. The molecule has 0 aromatic carbocycles. The highest BCUT2D eigenvalue weighted by Gasteiger charge is 2.73. The molecule has 10 rings (SSSR count). The van der Waals surface area contributed by atoms with E-state index in [-0.39, 0.29) is 23.7 Å². The zero-order valence-corrected chi connectivity index (χ0v) is 48.5. The fourth-order valence-corrected chi connectivity index (χ4v) is 17.2. The summed E-state index contributed by atoms with van der Waals surface area (Å²) in [7, 11) is 0. The monoisotopic (exact) mass is 1210 g/mol. The van der Waals surface area contributed by atoms with Crippen LogP contribution < -0.4 is 0 Å². The van der Waals surface area contributed by atoms with Gasteiger partial charge in [-0.25, -0.2) is 0 Å². The Morgan fingerprint density at radius 3 is 1.71 bits per heavy atom. The van der Waals surface area contributed by atoms with Gasteiger partial charge in [-0.1, -0.05) is 46.3 Å². The van der Waals surface area contributed by atoms with Gasteiger partial charge in [0.15, 0.2) is 31.3 Å². The van der Waals surface area contributed by atoms with Gasteiger partial charge in [0.25, 0.3) is 0 Å². The van der Waals surface area contributed by atoms with Crippen molar-refractivity contribution in [2.45, 2.75) is 254 Å². The summed E-state index contributed by atoms with van der Waals surface area (Å²) >= 11 is 0. The van der Waals surface area contributed by atoms with Crippen molar-refractivity contribution in [1.29, 1.82) is 0 Å². The number of aliphatic hydroxyl groups is 14. The fraction of sp³-hybridized carbons (Fsp3) is 0.930. The van der Waals surface area contributed by atoms with E-state index in [0.29, 0.717) is 51.4 Å². The van der Waals surface area contributed by atoms with E-state index in [4.69, 9.17) is 47.4 Å². The van der Waals surface area contributed by atoms with Gasteiger partial charge in [0, 0.05) is 0 Å². The van der Waals surface area contributed by atoms with Gasteiger partial charge in [-0.05, 0) is 111 Å². The van der Waals surface area contributed by atoms with Crippen molar-refractivity contribution in [3.63, 3.8) is 0 Å². The Labute approximate surface area is 486 Å². The number of ether oxygens (including phenoxy) is 10. The average molecular weight is 1210 g/mol. The lowest BCUT2D eigenvalue weighted by molar-refractivity contribution is -0.370. The fourth-order valence-electron chi connectivity index (χ4n) is 17.2. The van der Waals surface area contributed by atoms with Gasteiger partial charge >= 0.3 is 11.9 Å². The minimum absolute atomic E-state index is 0.0670. The third-order valence-corrected chi connectivity index (χ3v) is 22.4. The molecular formula is C57H90O27. The molecule has 9 fully saturated rings. The number of hydrogen-bond donors (Lipinski definition) is 15. The SMILES string of the molecule is C[C@H]1O[C@@H](O[C@@H]2[C@@H](OC(=O)[C@@]34CCC(C)(C)C[C@H]3C3=CC[C@@H]5[C@]6(C)C[C@@H](O)[C@@H](O[C@@H]7O[C@H](CO)[C@H](O[C@H]8OC[C@@H](O)[C@@H](O)[C@H]8O)[C@@H](O)[C@H]7O)[C@@](C)(C(=O)O)[C@@H]6CC[C@@]5(C)[C@]3(C)CC4)OC[C@@H](O)[C@@H]2O)[C@@H](O)[C@H](O[C@H]2OC[C@H](O)[C@H](O)[C@@H]2O)[C@@H]1O. The van der Waals surface area contributed by atoms with Gasteiger partial charge in [-0.3, -0.25) is 9.59 Å². The number of carbonyl (C=O) groups excluding carboxylic acids is 1. The van der Waals surface area contributed by atoms with Crippen LogP contribution in [0.4, 0.5) is 0 Å². The molecule has 5 aliphatic heterocycles. The van der Waals surface area contributed by atoms with Crippen molar-refractivity contribution in [2.75, 3.05) is 26.4 Å². The second-order valence-electron chi connectivity index (χ2n) is 27.7. The number of aliphatic carboxylic acids is 1. The number of esters is 1. The third-order valence-electron chi connectivity index (χ3n) is 22.4. The summed E-state index contributed by atoms with van der Waals surface area (Å²) in [5.41, 5.74) is -4.08. The van der Waals surface area contributed by atoms with Gasteiger partial charge in [-0.15, -0.1) is 0 Å². The van der Waals surface area contributed by atoms with E-state index in [1.807, 2.05) is 6.92 Å². The van der Waals surface area contributed by atoms with E-state index in [1.54, 1.807) is 0 Å². The van der Waals surface area contributed by atoms with Gasteiger partial charge in [0.2, 0.25) is 6.29 Å². The lowest BCUT2D eigenvalue weighted by atomic mass is 9.33. The standard InChI is InChI=1S/C57H90O27/c1-22-32(63)42(81-46-38(69)34(65)27(61)20-76-46)40(71)48(78-22)82-43-35(66)28(62)21-77-49(43)84-51(74)57-14-12-52(2,3)16-24(57)23-8-9-30-53(4)17-25(59)44(56(7,50(72)73)31(53)10-11-55(30,6)54(23,5)13-15-57)83-47-39(70)36(67)41(29(18-58)79-47)80-45-37(68)33(64)26(60)19-75-45/h8,22,24-49,58-71H,9-21H2,1-7H3,(H,72,73)/t22-,24+,25-,26-,27+,28-,29-,30-,31-,32-,33-,34+,35+,36+,37-,38+,39-,40+,41+,42-,43+,44-,45-,46-,47+,48+,49-,53+,54-,55-,56+,57-/m1/s1. The van der Waals surface area contributed by atoms with Crippen molar-refractivity contribution in [1.82, 2.24) is 0 Å². The third kappa shape index (κ3) is 10.5. The molecule has 4 saturated carbocycles. The largest absolute Gasteiger partial charge is 0.481 e. The molecule has 0 aromatic heterocycles. The van der Waals surface area contributed by atoms with E-state index in [1.165, 1.54) is 13.8 Å². The summed E-state index contributed by atoms with van der Waals surface area (Å²) in [6, 6.07) is 0. The van der Waals surface area contributed by atoms with Crippen molar-refractivity contribution in [3.8, 4) is 0 Å². The maximum Gasteiger partial charge on any atom is 0.315 e. The summed E-state index contributed by atoms with van der Waals surface area (Å²) in [5, 5.41) is 164. The predicted octanol–water partition coefficient (Wildman–Crippen LogP) is -3.23. The minimum atomic E-state index is -1.94. The molecule has 15 N–H and O–H groups in total. The molecule has 27 heteroatoms. The number of allylic oxidation sites excluding steroid dienone is 2. The summed E-state index contributed by atoms with van der Waals surface area (Å²) in [5.74, 6) is -3.12. The van der Waals surface area contributed by atoms with Crippen molar-refractivity contribution < 1.29 is 134 Å². The van der Waals surface area contributed by atoms with Crippen LogP contribution >= 0.6 is 0 Å². The molecule has 0 bridgehead atoms. The number of fused-ring (bicyclic) bond motifs is 7. The van der Waals surface area contributed by atoms with Crippen LogP contribution in [0.25, 0.3) is 0 Å². The van der Waals surface area contributed by atoms with Crippen LogP contribution in [0, 0.1) is 50.2 Å². The summed E-state index contributed by atoms with van der Waals surface area (Å²) in [4.78, 5) is 29.3. The number of aliphatic hydroxyl groups excluding tert-OH is 14. The first-order valence-corrected chi connectivity index (χ1v) is 29.7. The van der Waals surface area contributed by atoms with E-state index < -0.39 is 219 Å². The van der Waals surface area contributed by atoms with Crippen molar-refractivity contribution in [3.05, 3.63) is 11.6 Å². The Bertz CT molecular complexity index is 2400. The molecule has 0 aromatic rings. The summed E-state index contributed by atoms with van der Waals surface area (Å²) in [6.07, 6.45) is -32.9. The van der Waals surface area contributed by atoms with Gasteiger partial charge in [0.1, 0.15) is 97.7 Å². The molecule has 10 aliphatic rings. The lowest BCUT2D eigenvalue weighted by Gasteiger charge is -2.71. The Balaban J connectivity index is 0.878. The molecule has 5 saturated heterocycles. The number of rotatable bonds is 12. The summed E-state index contributed by atoms with van der Waals surface area (Å²) in [6.45, 7) is 11.6. The van der Waals surface area contributed by atoms with E-state index in [0.717, 1.165) is 5.57 Å². The number of hydrogen-bond acceptors (Lipinski definition) is 26. The van der Waals surface area contributed by atoms with Crippen LogP contribution in [0.5, 0.6) is 0 Å². The first-order valence-electron chi connectivity index (χ1n) is 29.7. The van der Waals surface area contributed by atoms with Crippen LogP contribution in [-0.4, -0.2) is 262 Å². The highest BCUT2D eigenvalue weighted by atomic mass is 16.8. The lowest BCUT2D eigenvalue weighted by Crippen LogP contribution is -2.70. The first-order chi connectivity index (χ1) is 39.3. The Hall–Kier alpha value is -2.24. The van der Waals surface area contributed by atoms with Gasteiger partial charge < -0.3 is 124 Å². The van der Waals surface area contributed by atoms with E-state index >= 15 is 4.79 Å². The van der Waals surface area contributed by atoms with Crippen LogP contribution in [0.15, 0.2) is 11.6 Å². The molecule has 480 valence electrons. The Morgan fingerprint density at radius 2 is 1.11 bits per heavy atom. The second kappa shape index (κ2) is 23.5. The van der Waals surface area contributed by atoms with Crippen LogP contribution in [0.2, 0.25) is 0 Å². The van der Waals surface area contributed by atoms with Crippen LogP contribution in [0.3, 0.4) is 0 Å². The molecule has 0 radical (unpaired) electrons. The van der Waals surface area contributed by atoms with Gasteiger partial charge in [-0.2, -0.15) is 0 Å². The summed E-state index contributed by atoms with van der Waals surface area (Å²) < 4.78 is 58.7. The zero-order valence-electron chi connectivity index (χ0n) is 48.5. The predicted molar refractivity (Wildman–Crippen MR) is 279 cm³/mol. The van der Waals surface area contributed by atoms with E-state index in [2.05, 4.69) is 33.8 Å².